The predicted octanol–water partition coefficient (Wildman–Crippen LogP) is 0.779. The van der Waals surface area contributed by atoms with Crippen molar-refractivity contribution in [2.24, 2.45) is 5.92 Å². The Kier molecular flexibility index (Phi) is 3.56. The Morgan fingerprint density at radius 2 is 2.06 bits per heavy atom. The van der Waals surface area contributed by atoms with Crippen LogP contribution in [0.4, 0.5) is 5.82 Å². The van der Waals surface area contributed by atoms with E-state index in [0.29, 0.717) is 24.2 Å². The van der Waals surface area contributed by atoms with Gasteiger partial charge in [0.25, 0.3) is 5.88 Å². The first-order valence-corrected chi connectivity index (χ1v) is 5.63. The molecule has 0 bridgehead atoms. The van der Waals surface area contributed by atoms with E-state index in [9.17, 15) is 0 Å². The Morgan fingerprint density at radius 1 is 1.38 bits per heavy atom. The normalized spacial score (nSPS) is 18.6. The van der Waals surface area contributed by atoms with Gasteiger partial charge in [-0.2, -0.15) is 0 Å². The van der Waals surface area contributed by atoms with E-state index in [1.807, 2.05) is 0 Å². The molecule has 0 radical (unpaired) electrons. The molecular weight excluding hydrogens is 204 g/mol. The molecule has 1 aliphatic rings. The van der Waals surface area contributed by atoms with Gasteiger partial charge < -0.3 is 15.4 Å². The molecule has 0 unspecified atom stereocenters. The molecule has 16 heavy (non-hydrogen) atoms. The molecule has 0 aromatic carbocycles. The molecule has 0 atom stereocenters. The second kappa shape index (κ2) is 5.12. The average Bonchev–Trinajstić information content (AvgIpc) is 2.30. The topological polar surface area (TPSA) is 64.3 Å². The highest BCUT2D eigenvalue weighted by atomic mass is 16.5. The first-order valence-electron chi connectivity index (χ1n) is 5.63. The summed E-state index contributed by atoms with van der Waals surface area (Å²) in [6, 6.07) is 0. The lowest BCUT2D eigenvalue weighted by Crippen LogP contribution is -2.32. The summed E-state index contributed by atoms with van der Waals surface area (Å²) in [6.07, 6.45) is 5.52. The number of piperidine rings is 1. The van der Waals surface area contributed by atoms with E-state index >= 15 is 0 Å². The lowest BCUT2D eigenvalue weighted by Gasteiger charge is -2.28. The van der Waals surface area contributed by atoms with Gasteiger partial charge >= 0.3 is 0 Å². The minimum absolute atomic E-state index is 0.371. The predicted molar refractivity (Wildman–Crippen MR) is 62.2 cm³/mol. The van der Waals surface area contributed by atoms with Crippen molar-refractivity contribution in [2.45, 2.75) is 12.8 Å². The van der Waals surface area contributed by atoms with Crippen LogP contribution in [0.25, 0.3) is 0 Å². The van der Waals surface area contributed by atoms with Gasteiger partial charge in [-0.25, -0.2) is 9.97 Å². The fourth-order valence-electron chi connectivity index (χ4n) is 1.87. The fraction of sp³-hybridized carbons (Fsp3) is 0.636. The van der Waals surface area contributed by atoms with Crippen LogP contribution < -0.4 is 10.5 Å². The molecule has 0 aliphatic carbocycles. The summed E-state index contributed by atoms with van der Waals surface area (Å²) >= 11 is 0. The van der Waals surface area contributed by atoms with E-state index in [0.717, 1.165) is 13.1 Å². The largest absolute Gasteiger partial charge is 0.475 e. The van der Waals surface area contributed by atoms with E-state index in [4.69, 9.17) is 10.5 Å². The van der Waals surface area contributed by atoms with Crippen molar-refractivity contribution in [2.75, 3.05) is 32.5 Å². The number of rotatable bonds is 3. The summed E-state index contributed by atoms with van der Waals surface area (Å²) in [5.74, 6) is 1.44. The van der Waals surface area contributed by atoms with Gasteiger partial charge in [0, 0.05) is 12.4 Å². The zero-order valence-corrected chi connectivity index (χ0v) is 9.59. The number of nitrogen functional groups attached to an aromatic ring is 1. The maximum Gasteiger partial charge on any atom is 0.257 e. The number of nitrogens with zero attached hydrogens (tertiary/aromatic N) is 3. The van der Waals surface area contributed by atoms with Crippen molar-refractivity contribution in [3.05, 3.63) is 12.4 Å². The van der Waals surface area contributed by atoms with Crippen molar-refractivity contribution in [1.82, 2.24) is 14.9 Å². The SMILES string of the molecule is CN1CCC(COc2nccnc2N)CC1. The third-order valence-electron chi connectivity index (χ3n) is 2.99. The van der Waals surface area contributed by atoms with Crippen LogP contribution >= 0.6 is 0 Å². The molecule has 5 heteroatoms. The maximum absolute atomic E-state index is 5.65. The molecule has 1 aliphatic heterocycles. The van der Waals surface area contributed by atoms with Crippen molar-refractivity contribution >= 4 is 5.82 Å². The molecule has 1 fully saturated rings. The van der Waals surface area contributed by atoms with Crippen LogP contribution in [0.1, 0.15) is 12.8 Å². The number of hydrogen-bond donors (Lipinski definition) is 1. The molecule has 1 aromatic heterocycles. The molecule has 2 N–H and O–H groups in total. The Morgan fingerprint density at radius 3 is 2.75 bits per heavy atom. The van der Waals surface area contributed by atoms with E-state index in [1.54, 1.807) is 12.4 Å². The van der Waals surface area contributed by atoms with Gasteiger partial charge in [-0.15, -0.1) is 0 Å². The van der Waals surface area contributed by atoms with Gasteiger partial charge in [0.15, 0.2) is 5.82 Å². The van der Waals surface area contributed by atoms with Gasteiger partial charge in [-0.3, -0.25) is 0 Å². The summed E-state index contributed by atoms with van der Waals surface area (Å²) in [7, 11) is 2.15. The molecule has 1 aromatic rings. The lowest BCUT2D eigenvalue weighted by molar-refractivity contribution is 0.157. The zero-order valence-electron chi connectivity index (χ0n) is 9.59. The third-order valence-corrected chi connectivity index (χ3v) is 2.99. The van der Waals surface area contributed by atoms with Gasteiger partial charge in [-0.1, -0.05) is 0 Å². The van der Waals surface area contributed by atoms with Crippen LogP contribution in [-0.2, 0) is 0 Å². The van der Waals surface area contributed by atoms with Crippen molar-refractivity contribution in [3.63, 3.8) is 0 Å². The molecule has 0 spiro atoms. The minimum Gasteiger partial charge on any atom is -0.475 e. The number of nitrogens with two attached hydrogens (primary N) is 1. The summed E-state index contributed by atoms with van der Waals surface area (Å²) in [5.41, 5.74) is 5.65. The van der Waals surface area contributed by atoms with E-state index in [-0.39, 0.29) is 0 Å². The molecule has 2 rings (SSSR count). The highest BCUT2D eigenvalue weighted by Gasteiger charge is 2.17. The second-order valence-electron chi connectivity index (χ2n) is 4.30. The van der Waals surface area contributed by atoms with Gasteiger partial charge in [-0.05, 0) is 38.9 Å². The van der Waals surface area contributed by atoms with E-state index < -0.39 is 0 Å². The minimum atomic E-state index is 0.371. The highest BCUT2D eigenvalue weighted by molar-refractivity contribution is 5.38. The summed E-state index contributed by atoms with van der Waals surface area (Å²) in [5, 5.41) is 0. The second-order valence-corrected chi connectivity index (χ2v) is 4.30. The highest BCUT2D eigenvalue weighted by Crippen LogP contribution is 2.19. The van der Waals surface area contributed by atoms with Gasteiger partial charge in [0.05, 0.1) is 6.61 Å². The first kappa shape index (κ1) is 11.1. The molecule has 0 amide bonds. The van der Waals surface area contributed by atoms with E-state index in [1.165, 1.54) is 12.8 Å². The Balaban J connectivity index is 1.81. The van der Waals surface area contributed by atoms with Crippen molar-refractivity contribution in [1.29, 1.82) is 0 Å². The Hall–Kier alpha value is -1.36. The van der Waals surface area contributed by atoms with Crippen LogP contribution in [0.2, 0.25) is 0 Å². The zero-order chi connectivity index (χ0) is 11.4. The third kappa shape index (κ3) is 2.82. The van der Waals surface area contributed by atoms with Crippen LogP contribution in [-0.4, -0.2) is 41.6 Å². The lowest BCUT2D eigenvalue weighted by atomic mass is 9.98. The molecule has 5 nitrogen and oxygen atoms in total. The monoisotopic (exact) mass is 222 g/mol. The van der Waals surface area contributed by atoms with Crippen LogP contribution in [0, 0.1) is 5.92 Å². The number of hydrogen-bond acceptors (Lipinski definition) is 5. The summed E-state index contributed by atoms with van der Waals surface area (Å²) in [4.78, 5) is 10.3. The maximum atomic E-state index is 5.65. The average molecular weight is 222 g/mol. The number of likely N-dealkylation sites (tertiary alicyclic amines) is 1. The molecule has 1 saturated heterocycles. The summed E-state index contributed by atoms with van der Waals surface area (Å²) < 4.78 is 5.59. The first-order chi connectivity index (χ1) is 7.75. The van der Waals surface area contributed by atoms with Crippen LogP contribution in [0.5, 0.6) is 5.88 Å². The Bertz CT molecular complexity index is 337. The summed E-state index contributed by atoms with van der Waals surface area (Å²) in [6.45, 7) is 2.98. The van der Waals surface area contributed by atoms with Gasteiger partial charge in [0.1, 0.15) is 0 Å². The van der Waals surface area contributed by atoms with E-state index in [2.05, 4.69) is 21.9 Å². The molecule has 88 valence electrons. The van der Waals surface area contributed by atoms with Crippen molar-refractivity contribution in [3.8, 4) is 5.88 Å². The number of ether oxygens (including phenoxy) is 1. The fourth-order valence-corrected chi connectivity index (χ4v) is 1.87. The molecular formula is C11H18N4O. The molecule has 2 heterocycles. The van der Waals surface area contributed by atoms with Crippen LogP contribution in [0.15, 0.2) is 12.4 Å². The number of anilines is 1. The van der Waals surface area contributed by atoms with Gasteiger partial charge in [0.2, 0.25) is 0 Å². The quantitative estimate of drug-likeness (QED) is 0.818. The molecule has 0 saturated carbocycles. The van der Waals surface area contributed by atoms with Crippen LogP contribution in [0.3, 0.4) is 0 Å². The smallest absolute Gasteiger partial charge is 0.257 e. The number of aromatic nitrogens is 2. The van der Waals surface area contributed by atoms with Crippen molar-refractivity contribution < 1.29 is 4.74 Å². The Labute approximate surface area is 95.6 Å². The standard InChI is InChI=1S/C11H18N4O/c1-15-6-2-9(3-7-15)8-16-11-10(12)13-4-5-14-11/h4-5,9H,2-3,6-8H2,1H3,(H2,12,13).